The summed E-state index contributed by atoms with van der Waals surface area (Å²) in [5.74, 6) is 1.44. The van der Waals surface area contributed by atoms with Gasteiger partial charge in [0, 0.05) is 61.1 Å². The predicted molar refractivity (Wildman–Crippen MR) is 176 cm³/mol. The Morgan fingerprint density at radius 1 is 1.09 bits per heavy atom. The molecule has 0 aliphatic carbocycles. The number of aromatic hydroxyl groups is 1. The van der Waals surface area contributed by atoms with E-state index >= 15 is 4.39 Å². The third-order valence-electron chi connectivity index (χ3n) is 9.17. The summed E-state index contributed by atoms with van der Waals surface area (Å²) < 4.78 is 43.7. The van der Waals surface area contributed by atoms with Crippen molar-refractivity contribution in [3.8, 4) is 35.2 Å². The molecular formula is C35H36ClF2N5O3. The van der Waals surface area contributed by atoms with Crippen LogP contribution in [0, 0.1) is 24.0 Å². The first-order chi connectivity index (χ1) is 22.2. The largest absolute Gasteiger partial charge is 0.508 e. The quantitative estimate of drug-likeness (QED) is 0.190. The molecule has 2 bridgehead atoms. The van der Waals surface area contributed by atoms with Crippen LogP contribution in [-0.4, -0.2) is 83.6 Å². The Morgan fingerprint density at radius 3 is 2.54 bits per heavy atom. The number of hydrogen-bond acceptors (Lipinski definition) is 8. The maximum absolute atomic E-state index is 16.9. The number of hydrogen-bond donors (Lipinski definition) is 2. The zero-order chi connectivity index (χ0) is 32.1. The Labute approximate surface area is 271 Å². The summed E-state index contributed by atoms with van der Waals surface area (Å²) in [5, 5.41) is 15.4. The maximum atomic E-state index is 16.9. The van der Waals surface area contributed by atoms with Gasteiger partial charge in [0.05, 0.1) is 29.4 Å². The third kappa shape index (κ3) is 5.82. The summed E-state index contributed by atoms with van der Waals surface area (Å²) in [4.78, 5) is 13.9. The molecule has 240 valence electrons. The van der Waals surface area contributed by atoms with E-state index in [1.165, 1.54) is 24.3 Å². The van der Waals surface area contributed by atoms with Crippen molar-refractivity contribution < 1.29 is 23.4 Å². The number of piperazine rings is 1. The fourth-order valence-corrected chi connectivity index (χ4v) is 7.66. The van der Waals surface area contributed by atoms with Crippen LogP contribution in [0.2, 0.25) is 5.02 Å². The van der Waals surface area contributed by atoms with Gasteiger partial charge in [0.1, 0.15) is 22.9 Å². The third-order valence-corrected chi connectivity index (χ3v) is 9.47. The number of phenolic OH excluding ortho intramolecular Hbond substituents is 1. The van der Waals surface area contributed by atoms with Crippen LogP contribution in [0.3, 0.4) is 0 Å². The van der Waals surface area contributed by atoms with Gasteiger partial charge in [0.2, 0.25) is 0 Å². The van der Waals surface area contributed by atoms with Gasteiger partial charge in [-0.1, -0.05) is 23.6 Å². The molecule has 4 heterocycles. The predicted octanol–water partition coefficient (Wildman–Crippen LogP) is 5.89. The molecule has 4 unspecified atom stereocenters. The number of nitrogens with one attached hydrogen (secondary N) is 1. The molecule has 2 N–H and O–H groups in total. The molecule has 3 aliphatic heterocycles. The minimum Gasteiger partial charge on any atom is -0.508 e. The van der Waals surface area contributed by atoms with E-state index in [0.29, 0.717) is 48.4 Å². The van der Waals surface area contributed by atoms with Crippen LogP contribution in [0.1, 0.15) is 38.7 Å². The molecule has 11 heteroatoms. The fourth-order valence-electron chi connectivity index (χ4n) is 7.36. The zero-order valence-corrected chi connectivity index (χ0v) is 26.6. The van der Waals surface area contributed by atoms with Crippen molar-refractivity contribution in [1.29, 1.82) is 0 Å². The van der Waals surface area contributed by atoms with Gasteiger partial charge in [-0.25, -0.2) is 8.78 Å². The molecule has 7 rings (SSSR count). The Hall–Kier alpha value is -3.75. The van der Waals surface area contributed by atoms with Crippen LogP contribution in [0.4, 0.5) is 14.6 Å². The summed E-state index contributed by atoms with van der Waals surface area (Å²) >= 11 is 6.85. The van der Waals surface area contributed by atoms with Gasteiger partial charge in [-0.3, -0.25) is 4.90 Å². The lowest BCUT2D eigenvalue weighted by atomic mass is 9.93. The average Bonchev–Trinajstić information content (AvgIpc) is 3.35. The summed E-state index contributed by atoms with van der Waals surface area (Å²) in [6.07, 6.45) is 8.90. The Morgan fingerprint density at radius 2 is 1.83 bits per heavy atom. The van der Waals surface area contributed by atoms with E-state index in [2.05, 4.69) is 39.9 Å². The standard InChI is InChI=1S/C35H36ClF2N5O3/c1-4-25-29(37)9-6-21-12-24(44)13-26(30(21)25)31-28(36)14-27-33(32(31)38)40-35(41-34(27)43-17-22-7-8-23(18-43)39-22)45-11-5-10-42-15-19(2)46-20(3)16-42/h1,6,9,12-14,19-20,22-23,39,44H,5,7-8,10-11,15-18H2,2-3H3. The van der Waals surface area contributed by atoms with Crippen LogP contribution in [0.25, 0.3) is 32.8 Å². The second-order valence-corrected chi connectivity index (χ2v) is 13.1. The van der Waals surface area contributed by atoms with Crippen molar-refractivity contribution in [2.45, 2.75) is 57.4 Å². The molecule has 3 aliphatic rings. The monoisotopic (exact) mass is 647 g/mol. The number of nitrogens with zero attached hydrogens (tertiary/aromatic N) is 4. The van der Waals surface area contributed by atoms with Crippen molar-refractivity contribution in [2.75, 3.05) is 44.2 Å². The van der Waals surface area contributed by atoms with E-state index in [0.717, 1.165) is 38.9 Å². The fraction of sp³-hybridized carbons (Fsp3) is 0.429. The molecule has 0 spiro atoms. The summed E-state index contributed by atoms with van der Waals surface area (Å²) in [5.41, 5.74) is 0.111. The minimum absolute atomic E-state index is 0.0243. The highest BCUT2D eigenvalue weighted by Gasteiger charge is 2.34. The van der Waals surface area contributed by atoms with E-state index < -0.39 is 11.6 Å². The number of terminal acetylenes is 1. The van der Waals surface area contributed by atoms with Crippen molar-refractivity contribution in [2.24, 2.45) is 0 Å². The Kier molecular flexibility index (Phi) is 8.36. The minimum atomic E-state index is -0.732. The van der Waals surface area contributed by atoms with Crippen molar-refractivity contribution in [1.82, 2.24) is 20.2 Å². The van der Waals surface area contributed by atoms with Gasteiger partial charge in [-0.2, -0.15) is 9.97 Å². The molecule has 0 saturated carbocycles. The van der Waals surface area contributed by atoms with Crippen molar-refractivity contribution in [3.63, 3.8) is 0 Å². The number of halogens is 3. The molecule has 1 aromatic heterocycles. The highest BCUT2D eigenvalue weighted by atomic mass is 35.5. The average molecular weight is 648 g/mol. The maximum Gasteiger partial charge on any atom is 0.319 e. The van der Waals surface area contributed by atoms with Crippen molar-refractivity contribution in [3.05, 3.63) is 52.6 Å². The molecule has 4 atom stereocenters. The molecule has 3 aromatic carbocycles. The van der Waals surface area contributed by atoms with Gasteiger partial charge >= 0.3 is 6.01 Å². The Balaban J connectivity index is 1.30. The first-order valence-corrected chi connectivity index (χ1v) is 16.2. The summed E-state index contributed by atoms with van der Waals surface area (Å²) in [7, 11) is 0. The number of aromatic nitrogens is 2. The molecule has 8 nitrogen and oxygen atoms in total. The lowest BCUT2D eigenvalue weighted by Crippen LogP contribution is -2.51. The number of ether oxygens (including phenoxy) is 2. The van der Waals surface area contributed by atoms with Crippen LogP contribution < -0.4 is 15.0 Å². The zero-order valence-electron chi connectivity index (χ0n) is 25.8. The molecule has 4 aromatic rings. The number of phenols is 1. The number of fused-ring (bicyclic) bond motifs is 4. The van der Waals surface area contributed by atoms with Crippen LogP contribution in [0.15, 0.2) is 30.3 Å². The van der Waals surface area contributed by atoms with Crippen LogP contribution >= 0.6 is 11.6 Å². The van der Waals surface area contributed by atoms with Gasteiger partial charge < -0.3 is 24.8 Å². The van der Waals surface area contributed by atoms with E-state index in [4.69, 9.17) is 32.5 Å². The first kappa shape index (κ1) is 30.9. The van der Waals surface area contributed by atoms with Crippen molar-refractivity contribution >= 4 is 39.1 Å². The molecule has 46 heavy (non-hydrogen) atoms. The second kappa shape index (κ2) is 12.5. The molecular weight excluding hydrogens is 612 g/mol. The van der Waals surface area contributed by atoms with Crippen LogP contribution in [0.5, 0.6) is 11.8 Å². The number of anilines is 1. The van der Waals surface area contributed by atoms with Crippen LogP contribution in [-0.2, 0) is 4.74 Å². The van der Waals surface area contributed by atoms with Gasteiger partial charge in [-0.05, 0) is 68.3 Å². The number of benzene rings is 3. The van der Waals surface area contributed by atoms with E-state index in [9.17, 15) is 9.50 Å². The second-order valence-electron chi connectivity index (χ2n) is 12.7. The Bertz CT molecular complexity index is 1840. The topological polar surface area (TPSA) is 83.0 Å². The van der Waals surface area contributed by atoms with E-state index in [-0.39, 0.29) is 56.6 Å². The van der Waals surface area contributed by atoms with E-state index in [1.807, 2.05) is 0 Å². The lowest BCUT2D eigenvalue weighted by Gasteiger charge is -2.35. The SMILES string of the molecule is C#Cc1c(F)ccc2cc(O)cc(-c3c(Cl)cc4c(N5CC6CCC(C5)N6)nc(OCCCN5CC(C)OC(C)C5)nc4c3F)c12. The number of rotatable bonds is 7. The van der Waals surface area contributed by atoms with Gasteiger partial charge in [-0.15, -0.1) is 6.42 Å². The van der Waals surface area contributed by atoms with Gasteiger partial charge in [0.25, 0.3) is 0 Å². The highest BCUT2D eigenvalue weighted by molar-refractivity contribution is 6.35. The molecule has 0 amide bonds. The normalized spacial score (nSPS) is 23.3. The molecule has 0 radical (unpaired) electrons. The smallest absolute Gasteiger partial charge is 0.319 e. The highest BCUT2D eigenvalue weighted by Crippen LogP contribution is 2.44. The first-order valence-electron chi connectivity index (χ1n) is 15.8. The lowest BCUT2D eigenvalue weighted by molar-refractivity contribution is -0.0686. The number of morpholine rings is 1. The van der Waals surface area contributed by atoms with Gasteiger partial charge in [0.15, 0.2) is 5.82 Å². The summed E-state index contributed by atoms with van der Waals surface area (Å²) in [6, 6.07) is 7.84. The van der Waals surface area contributed by atoms with E-state index in [1.54, 1.807) is 6.07 Å². The molecule has 3 fully saturated rings. The molecule has 3 saturated heterocycles. The summed E-state index contributed by atoms with van der Waals surface area (Å²) in [6.45, 7) is 8.45.